The minimum atomic E-state index is -0.187. The summed E-state index contributed by atoms with van der Waals surface area (Å²) in [7, 11) is 0. The molecule has 2 atom stereocenters. The molecule has 8 nitrogen and oxygen atoms in total. The van der Waals surface area contributed by atoms with E-state index in [0.29, 0.717) is 40.3 Å². The first-order valence-corrected chi connectivity index (χ1v) is 12.2. The number of rotatable bonds is 8. The third kappa shape index (κ3) is 5.25. The second kappa shape index (κ2) is 9.50. The summed E-state index contributed by atoms with van der Waals surface area (Å²) in [6, 6.07) is 5.59. The Labute approximate surface area is 202 Å². The van der Waals surface area contributed by atoms with E-state index in [2.05, 4.69) is 41.2 Å². The van der Waals surface area contributed by atoms with Gasteiger partial charge < -0.3 is 10.3 Å². The molecule has 0 aliphatic heterocycles. The number of fused-ring (bicyclic) bond motifs is 1. The second-order valence-electron chi connectivity index (χ2n) is 9.84. The van der Waals surface area contributed by atoms with Crippen LogP contribution in [0.5, 0.6) is 0 Å². The molecule has 2 N–H and O–H groups in total. The van der Waals surface area contributed by atoms with Crippen molar-refractivity contribution in [3.63, 3.8) is 0 Å². The molecule has 9 heteroatoms. The first-order chi connectivity index (χ1) is 16.1. The van der Waals surface area contributed by atoms with E-state index in [0.717, 1.165) is 4.88 Å². The number of H-pyrrole nitrogens is 1. The molecule has 0 aliphatic carbocycles. The van der Waals surface area contributed by atoms with Gasteiger partial charge in [0.05, 0.1) is 27.2 Å². The quantitative estimate of drug-likeness (QED) is 0.348. The number of hydrogen-bond donors (Lipinski definition) is 2. The van der Waals surface area contributed by atoms with Gasteiger partial charge in [-0.2, -0.15) is 5.10 Å². The predicted molar refractivity (Wildman–Crippen MR) is 134 cm³/mol. The number of nitrogens with zero attached hydrogens (tertiary/aromatic N) is 4. The van der Waals surface area contributed by atoms with Gasteiger partial charge in [-0.1, -0.05) is 27.7 Å². The van der Waals surface area contributed by atoms with Crippen LogP contribution in [0.3, 0.4) is 0 Å². The summed E-state index contributed by atoms with van der Waals surface area (Å²) < 4.78 is 1.84. The van der Waals surface area contributed by atoms with Crippen LogP contribution in [0, 0.1) is 11.3 Å². The Morgan fingerprint density at radius 2 is 2.03 bits per heavy atom. The topological polar surface area (TPSA) is 106 Å². The van der Waals surface area contributed by atoms with E-state index >= 15 is 0 Å². The van der Waals surface area contributed by atoms with Gasteiger partial charge in [-0.25, -0.2) is 9.97 Å². The monoisotopic (exact) mass is 478 g/mol. The molecule has 0 fully saturated rings. The molecule has 4 aromatic heterocycles. The highest BCUT2D eigenvalue weighted by atomic mass is 32.1. The van der Waals surface area contributed by atoms with Crippen molar-refractivity contribution in [3.8, 4) is 10.6 Å². The van der Waals surface area contributed by atoms with Crippen LogP contribution in [0.25, 0.3) is 21.7 Å². The summed E-state index contributed by atoms with van der Waals surface area (Å²) in [4.78, 5) is 39.4. The first kappa shape index (κ1) is 23.8. The molecule has 0 saturated heterocycles. The maximum atomic E-state index is 12.9. The van der Waals surface area contributed by atoms with E-state index in [-0.39, 0.29) is 29.1 Å². The smallest absolute Gasteiger partial charge is 0.255 e. The van der Waals surface area contributed by atoms with Crippen molar-refractivity contribution in [2.24, 2.45) is 11.3 Å². The molecular weight excluding hydrogens is 448 g/mol. The molecule has 4 rings (SSSR count). The largest absolute Gasteiger partial charge is 0.349 e. The van der Waals surface area contributed by atoms with Crippen molar-refractivity contribution in [1.82, 2.24) is 30.0 Å². The number of aromatic nitrogens is 5. The molecule has 1 unspecified atom stereocenters. The molecule has 0 bridgehead atoms. The Morgan fingerprint density at radius 3 is 2.74 bits per heavy atom. The van der Waals surface area contributed by atoms with Gasteiger partial charge in [-0.15, -0.1) is 11.3 Å². The fourth-order valence-electron chi connectivity index (χ4n) is 3.51. The minimum Gasteiger partial charge on any atom is -0.349 e. The van der Waals surface area contributed by atoms with Crippen LogP contribution in [0.1, 0.15) is 61.1 Å². The van der Waals surface area contributed by atoms with Gasteiger partial charge >= 0.3 is 0 Å². The summed E-state index contributed by atoms with van der Waals surface area (Å²) in [5.41, 5.74) is 2.11. The Balaban J connectivity index is 1.50. The van der Waals surface area contributed by atoms with Gasteiger partial charge in [0.25, 0.3) is 5.91 Å². The third-order valence-electron chi connectivity index (χ3n) is 6.00. The van der Waals surface area contributed by atoms with Crippen molar-refractivity contribution < 1.29 is 9.59 Å². The zero-order valence-corrected chi connectivity index (χ0v) is 20.9. The summed E-state index contributed by atoms with van der Waals surface area (Å²) in [5.74, 6) is 0.0849. The molecular formula is C25H30N6O2S. The highest BCUT2D eigenvalue weighted by Crippen LogP contribution is 2.29. The molecule has 178 valence electrons. The Hall–Kier alpha value is -3.33. The van der Waals surface area contributed by atoms with Crippen molar-refractivity contribution in [3.05, 3.63) is 53.4 Å². The lowest BCUT2D eigenvalue weighted by atomic mass is 9.88. The number of aromatic amines is 1. The van der Waals surface area contributed by atoms with E-state index in [1.165, 1.54) is 11.3 Å². The predicted octanol–water partition coefficient (Wildman–Crippen LogP) is 4.96. The van der Waals surface area contributed by atoms with Crippen LogP contribution in [0.2, 0.25) is 0 Å². The van der Waals surface area contributed by atoms with Crippen LogP contribution in [-0.2, 0) is 6.54 Å². The van der Waals surface area contributed by atoms with Crippen molar-refractivity contribution in [1.29, 1.82) is 0 Å². The zero-order valence-electron chi connectivity index (χ0n) is 20.1. The van der Waals surface area contributed by atoms with E-state index < -0.39 is 0 Å². The Morgan fingerprint density at radius 1 is 1.24 bits per heavy atom. The summed E-state index contributed by atoms with van der Waals surface area (Å²) in [6.07, 6.45) is 7.39. The van der Waals surface area contributed by atoms with E-state index in [4.69, 9.17) is 4.98 Å². The Kier molecular flexibility index (Phi) is 6.65. The molecule has 0 aliphatic rings. The molecule has 1 amide bonds. The lowest BCUT2D eigenvalue weighted by molar-refractivity contribution is 0.0910. The Bertz CT molecular complexity index is 1300. The standard InChI is InChI=1S/C25H30N6O2S/c1-15(14-31-10-6-9-28-31)11-19(32)21-8-7-20(34-21)18-13-27-23-22(30-18)17(12-26-23)24(33)29-16(2)25(3,4)5/h6-10,12-13,15-16H,11,14H2,1-5H3,(H,26,27)(H,29,33)/t15?,16-/m0/s1. The molecule has 4 aromatic rings. The lowest BCUT2D eigenvalue weighted by Gasteiger charge is -2.27. The average Bonchev–Trinajstić information content (AvgIpc) is 3.52. The molecule has 4 heterocycles. The van der Waals surface area contributed by atoms with Gasteiger partial charge in [-0.3, -0.25) is 14.3 Å². The molecule has 34 heavy (non-hydrogen) atoms. The summed E-state index contributed by atoms with van der Waals surface area (Å²) in [5, 5.41) is 7.26. The fraction of sp³-hybridized carbons (Fsp3) is 0.400. The molecule has 0 radical (unpaired) electrons. The van der Waals surface area contributed by atoms with E-state index in [9.17, 15) is 9.59 Å². The van der Waals surface area contributed by atoms with Crippen LogP contribution in [-0.4, -0.2) is 42.5 Å². The number of carbonyl (C=O) groups is 2. The van der Waals surface area contributed by atoms with Gasteiger partial charge in [0.15, 0.2) is 11.4 Å². The van der Waals surface area contributed by atoms with Gasteiger partial charge in [0.1, 0.15) is 5.52 Å². The van der Waals surface area contributed by atoms with E-state index in [1.54, 1.807) is 18.6 Å². The maximum Gasteiger partial charge on any atom is 0.255 e. The zero-order chi connectivity index (χ0) is 24.5. The summed E-state index contributed by atoms with van der Waals surface area (Å²) in [6.45, 7) is 11.0. The van der Waals surface area contributed by atoms with Gasteiger partial charge in [0.2, 0.25) is 0 Å². The molecule has 0 spiro atoms. The maximum absolute atomic E-state index is 12.9. The third-order valence-corrected chi connectivity index (χ3v) is 7.15. The van der Waals surface area contributed by atoms with Crippen molar-refractivity contribution in [2.45, 2.75) is 53.6 Å². The van der Waals surface area contributed by atoms with Crippen molar-refractivity contribution >= 4 is 34.2 Å². The number of amides is 1. The number of Topliss-reactive ketones (excluding diaryl/α,β-unsaturated/α-hetero) is 1. The minimum absolute atomic E-state index is 0.0114. The van der Waals surface area contributed by atoms with Gasteiger partial charge in [0, 0.05) is 37.6 Å². The number of nitrogens with one attached hydrogen (secondary N) is 2. The van der Waals surface area contributed by atoms with Crippen LogP contribution in [0.4, 0.5) is 0 Å². The number of hydrogen-bond acceptors (Lipinski definition) is 6. The van der Waals surface area contributed by atoms with Crippen molar-refractivity contribution in [2.75, 3.05) is 0 Å². The molecule has 0 aromatic carbocycles. The van der Waals surface area contributed by atoms with Crippen LogP contribution >= 0.6 is 11.3 Å². The highest BCUT2D eigenvalue weighted by molar-refractivity contribution is 7.17. The normalized spacial score (nSPS) is 13.7. The SMILES string of the molecule is CC(CC(=O)c1ccc(-c2cnc3[nH]cc(C(=O)N[C@@H](C)C(C)(C)C)c3n2)s1)Cn1cccn1. The average molecular weight is 479 g/mol. The fourth-order valence-corrected chi connectivity index (χ4v) is 4.42. The highest BCUT2D eigenvalue weighted by Gasteiger charge is 2.24. The lowest BCUT2D eigenvalue weighted by Crippen LogP contribution is -2.41. The number of thiophene rings is 1. The van der Waals surface area contributed by atoms with Crippen LogP contribution < -0.4 is 5.32 Å². The van der Waals surface area contributed by atoms with E-state index in [1.807, 2.05) is 42.9 Å². The summed E-state index contributed by atoms with van der Waals surface area (Å²) >= 11 is 1.40. The van der Waals surface area contributed by atoms with Crippen LogP contribution in [0.15, 0.2) is 43.0 Å². The second-order valence-corrected chi connectivity index (χ2v) is 10.9. The first-order valence-electron chi connectivity index (χ1n) is 11.4. The van der Waals surface area contributed by atoms with Gasteiger partial charge in [-0.05, 0) is 36.5 Å². The molecule has 0 saturated carbocycles. The number of ketones is 1. The number of carbonyl (C=O) groups excluding carboxylic acids is 2.